The number of rotatable bonds is 3. The molecule has 0 saturated carbocycles. The number of carboxylic acid groups (broad SMARTS) is 1. The van der Waals surface area contributed by atoms with Gasteiger partial charge in [-0.25, -0.2) is 0 Å². The number of piperazine rings is 1. The van der Waals surface area contributed by atoms with Crippen LogP contribution in [0, 0.1) is 18.8 Å². The zero-order valence-corrected chi connectivity index (χ0v) is 15.3. The first kappa shape index (κ1) is 17.3. The van der Waals surface area contributed by atoms with Crippen molar-refractivity contribution in [2.45, 2.75) is 44.9 Å². The van der Waals surface area contributed by atoms with Crippen LogP contribution in [0.25, 0.3) is 0 Å². The van der Waals surface area contributed by atoms with Gasteiger partial charge in [-0.2, -0.15) is 0 Å². The van der Waals surface area contributed by atoms with Gasteiger partial charge in [-0.05, 0) is 38.8 Å². The Hall–Kier alpha value is -2.08. The third-order valence-electron chi connectivity index (χ3n) is 6.15. The summed E-state index contributed by atoms with van der Waals surface area (Å²) in [4.78, 5) is 28.9. The molecule has 3 heterocycles. The zero-order chi connectivity index (χ0) is 18.4. The van der Waals surface area contributed by atoms with E-state index in [1.807, 2.05) is 4.90 Å². The molecule has 3 aliphatic rings. The van der Waals surface area contributed by atoms with E-state index >= 15 is 0 Å². The molecule has 4 rings (SSSR count). The van der Waals surface area contributed by atoms with E-state index in [4.69, 9.17) is 4.74 Å². The van der Waals surface area contributed by atoms with Gasteiger partial charge in [-0.3, -0.25) is 9.59 Å². The first-order valence-corrected chi connectivity index (χ1v) is 9.46. The topological polar surface area (TPSA) is 70.1 Å². The summed E-state index contributed by atoms with van der Waals surface area (Å²) in [5.74, 6) is -2.15. The van der Waals surface area contributed by atoms with Crippen LogP contribution in [0.2, 0.25) is 0 Å². The Morgan fingerprint density at radius 1 is 1.08 bits per heavy atom. The normalized spacial score (nSPS) is 33.5. The molecule has 1 aromatic carbocycles. The second kappa shape index (κ2) is 6.58. The van der Waals surface area contributed by atoms with Crippen LogP contribution in [-0.2, 0) is 14.3 Å². The molecule has 0 aromatic heterocycles. The molecule has 3 fully saturated rings. The van der Waals surface area contributed by atoms with E-state index in [1.54, 1.807) is 0 Å². The summed E-state index contributed by atoms with van der Waals surface area (Å²) in [6, 6.07) is 8.63. The number of anilines is 1. The van der Waals surface area contributed by atoms with Crippen molar-refractivity contribution in [2.24, 2.45) is 11.8 Å². The van der Waals surface area contributed by atoms with Gasteiger partial charge in [0.2, 0.25) is 5.91 Å². The smallest absolute Gasteiger partial charge is 0.310 e. The van der Waals surface area contributed by atoms with Gasteiger partial charge in [-0.15, -0.1) is 0 Å². The minimum Gasteiger partial charge on any atom is -0.481 e. The van der Waals surface area contributed by atoms with Crippen molar-refractivity contribution < 1.29 is 19.4 Å². The first-order chi connectivity index (χ1) is 12.5. The highest BCUT2D eigenvalue weighted by Gasteiger charge is 2.56. The third kappa shape index (κ3) is 2.86. The molecule has 0 unspecified atom stereocenters. The lowest BCUT2D eigenvalue weighted by Crippen LogP contribution is -2.56. The van der Waals surface area contributed by atoms with Crippen LogP contribution in [0.1, 0.15) is 25.3 Å². The van der Waals surface area contributed by atoms with E-state index in [9.17, 15) is 14.7 Å². The van der Waals surface area contributed by atoms with E-state index in [2.05, 4.69) is 43.0 Å². The fourth-order valence-corrected chi connectivity index (χ4v) is 4.79. The third-order valence-corrected chi connectivity index (χ3v) is 6.15. The average Bonchev–Trinajstić information content (AvgIpc) is 3.23. The van der Waals surface area contributed by atoms with Gasteiger partial charge in [0.05, 0.1) is 24.0 Å². The number of amides is 1. The number of hydrogen-bond donors (Lipinski definition) is 1. The Balaban J connectivity index is 1.46. The number of carbonyl (C=O) groups excluding carboxylic acids is 1. The average molecular weight is 358 g/mol. The van der Waals surface area contributed by atoms with Gasteiger partial charge >= 0.3 is 5.97 Å². The Morgan fingerprint density at radius 3 is 2.35 bits per heavy atom. The number of nitrogens with zero attached hydrogens (tertiary/aromatic N) is 2. The fourth-order valence-electron chi connectivity index (χ4n) is 4.79. The number of aliphatic carboxylic acids is 1. The number of fused-ring (bicyclic) bond motifs is 2. The largest absolute Gasteiger partial charge is 0.481 e. The molecule has 0 radical (unpaired) electrons. The van der Waals surface area contributed by atoms with Crippen molar-refractivity contribution >= 4 is 17.6 Å². The van der Waals surface area contributed by atoms with E-state index in [1.165, 1.54) is 11.3 Å². The molecule has 3 saturated heterocycles. The lowest BCUT2D eigenvalue weighted by atomic mass is 9.78. The Morgan fingerprint density at radius 2 is 1.73 bits per heavy atom. The molecule has 140 valence electrons. The molecule has 1 amide bonds. The minimum atomic E-state index is -0.901. The molecule has 6 nitrogen and oxygen atoms in total. The summed E-state index contributed by atoms with van der Waals surface area (Å²) in [5, 5.41) is 9.56. The molecule has 6 heteroatoms. The number of carboxylic acids is 1. The van der Waals surface area contributed by atoms with Crippen LogP contribution < -0.4 is 4.90 Å². The Labute approximate surface area is 153 Å². The van der Waals surface area contributed by atoms with Gasteiger partial charge < -0.3 is 19.6 Å². The summed E-state index contributed by atoms with van der Waals surface area (Å²) in [6.45, 7) is 6.19. The summed E-state index contributed by atoms with van der Waals surface area (Å²) >= 11 is 0. The van der Waals surface area contributed by atoms with Crippen LogP contribution in [0.5, 0.6) is 0 Å². The molecule has 1 aromatic rings. The van der Waals surface area contributed by atoms with Crippen LogP contribution in [0.4, 0.5) is 5.69 Å². The quantitative estimate of drug-likeness (QED) is 0.894. The van der Waals surface area contributed by atoms with Gasteiger partial charge in [0, 0.05) is 31.4 Å². The van der Waals surface area contributed by atoms with Crippen molar-refractivity contribution in [2.75, 3.05) is 24.5 Å². The molecule has 0 aliphatic carbocycles. The van der Waals surface area contributed by atoms with Crippen LogP contribution in [0.3, 0.4) is 0 Å². The number of ether oxygens (including phenoxy) is 1. The number of aryl methyl sites for hydroxylation is 1. The molecule has 5 atom stereocenters. The zero-order valence-electron chi connectivity index (χ0n) is 15.3. The predicted octanol–water partition coefficient (Wildman–Crippen LogP) is 1.91. The lowest BCUT2D eigenvalue weighted by molar-refractivity contribution is -0.151. The molecule has 1 N–H and O–H groups in total. The van der Waals surface area contributed by atoms with Crippen LogP contribution >= 0.6 is 0 Å². The van der Waals surface area contributed by atoms with Crippen molar-refractivity contribution in [1.29, 1.82) is 0 Å². The van der Waals surface area contributed by atoms with Gasteiger partial charge in [0.15, 0.2) is 0 Å². The van der Waals surface area contributed by atoms with Gasteiger partial charge in [-0.1, -0.05) is 17.7 Å². The Kier molecular flexibility index (Phi) is 4.39. The van der Waals surface area contributed by atoms with Crippen molar-refractivity contribution in [3.8, 4) is 0 Å². The monoisotopic (exact) mass is 358 g/mol. The number of benzene rings is 1. The SMILES string of the molecule is Cc1ccc(N2CCN(C(=O)[C@H]3[C@H](C(=O)O)[C@H]4CC[C@H]3O4)C[C@@H]2C)cc1. The molecular weight excluding hydrogens is 332 g/mol. The number of carbonyl (C=O) groups is 2. The van der Waals surface area contributed by atoms with Crippen LogP contribution in [0.15, 0.2) is 24.3 Å². The fraction of sp³-hybridized carbons (Fsp3) is 0.600. The lowest BCUT2D eigenvalue weighted by Gasteiger charge is -2.43. The maximum Gasteiger partial charge on any atom is 0.310 e. The highest BCUT2D eigenvalue weighted by molar-refractivity contribution is 5.87. The van der Waals surface area contributed by atoms with Crippen molar-refractivity contribution in [3.63, 3.8) is 0 Å². The molecule has 26 heavy (non-hydrogen) atoms. The second-order valence-corrected chi connectivity index (χ2v) is 7.84. The maximum absolute atomic E-state index is 13.1. The Bertz CT molecular complexity index is 704. The summed E-state index contributed by atoms with van der Waals surface area (Å²) in [5.41, 5.74) is 2.40. The van der Waals surface area contributed by atoms with Crippen molar-refractivity contribution in [1.82, 2.24) is 4.90 Å². The highest BCUT2D eigenvalue weighted by atomic mass is 16.5. The first-order valence-electron chi connectivity index (χ1n) is 9.46. The molecule has 2 bridgehead atoms. The van der Waals surface area contributed by atoms with Gasteiger partial charge in [0.1, 0.15) is 0 Å². The summed E-state index contributed by atoms with van der Waals surface area (Å²) in [6.07, 6.45) is 1.03. The van der Waals surface area contributed by atoms with Crippen LogP contribution in [-0.4, -0.2) is 59.8 Å². The molecule has 3 aliphatic heterocycles. The minimum absolute atomic E-state index is 0.0417. The number of hydrogen-bond acceptors (Lipinski definition) is 4. The van der Waals surface area contributed by atoms with Crippen molar-refractivity contribution in [3.05, 3.63) is 29.8 Å². The summed E-state index contributed by atoms with van der Waals surface area (Å²) < 4.78 is 5.76. The highest BCUT2D eigenvalue weighted by Crippen LogP contribution is 2.44. The summed E-state index contributed by atoms with van der Waals surface area (Å²) in [7, 11) is 0. The molecule has 0 spiro atoms. The van der Waals surface area contributed by atoms with E-state index < -0.39 is 17.8 Å². The van der Waals surface area contributed by atoms with E-state index in [0.717, 1.165) is 19.4 Å². The maximum atomic E-state index is 13.1. The molecular formula is C20H26N2O4. The second-order valence-electron chi connectivity index (χ2n) is 7.84. The van der Waals surface area contributed by atoms with Gasteiger partial charge in [0.25, 0.3) is 0 Å². The van der Waals surface area contributed by atoms with E-state index in [-0.39, 0.29) is 24.2 Å². The van der Waals surface area contributed by atoms with E-state index in [0.29, 0.717) is 13.1 Å². The standard InChI is InChI=1S/C20H26N2O4/c1-12-3-5-14(6-4-12)22-10-9-21(11-13(22)2)19(23)17-15-7-8-16(26-15)18(17)20(24)25/h3-6,13,15-18H,7-11H2,1-2H3,(H,24,25)/t13-,15+,16+,17+,18+/m0/s1. The predicted molar refractivity (Wildman–Crippen MR) is 97.1 cm³/mol.